The van der Waals surface area contributed by atoms with Crippen molar-refractivity contribution in [2.75, 3.05) is 25.0 Å². The summed E-state index contributed by atoms with van der Waals surface area (Å²) in [6, 6.07) is 6.79. The van der Waals surface area contributed by atoms with E-state index in [1.54, 1.807) is 31.2 Å². The van der Waals surface area contributed by atoms with Crippen LogP contribution < -0.4 is 5.32 Å². The molecular formula is C18H24N2O4. The molecule has 2 rings (SSSR count). The summed E-state index contributed by atoms with van der Waals surface area (Å²) >= 11 is 0. The number of hydrogen-bond donors (Lipinski definition) is 1. The minimum absolute atomic E-state index is 0.0246. The van der Waals surface area contributed by atoms with Crippen LogP contribution in [0.25, 0.3) is 0 Å². The van der Waals surface area contributed by atoms with Crippen molar-refractivity contribution in [2.24, 2.45) is 5.92 Å². The average molecular weight is 332 g/mol. The Morgan fingerprint density at radius 2 is 1.96 bits per heavy atom. The molecule has 0 spiro atoms. The Morgan fingerprint density at radius 3 is 2.62 bits per heavy atom. The van der Waals surface area contributed by atoms with Gasteiger partial charge in [-0.05, 0) is 43.9 Å². The van der Waals surface area contributed by atoms with E-state index in [-0.39, 0.29) is 18.9 Å². The second-order valence-corrected chi connectivity index (χ2v) is 6.09. The Morgan fingerprint density at radius 1 is 1.25 bits per heavy atom. The predicted octanol–water partition coefficient (Wildman–Crippen LogP) is 2.45. The Hall–Kier alpha value is -2.37. The van der Waals surface area contributed by atoms with E-state index in [0.717, 1.165) is 25.9 Å². The van der Waals surface area contributed by atoms with E-state index in [4.69, 9.17) is 4.74 Å². The average Bonchev–Trinajstić information content (AvgIpc) is 2.55. The molecule has 0 aliphatic carbocycles. The number of hydrogen-bond acceptors (Lipinski definition) is 4. The van der Waals surface area contributed by atoms with Crippen molar-refractivity contribution in [1.29, 1.82) is 0 Å². The zero-order valence-corrected chi connectivity index (χ0v) is 14.2. The van der Waals surface area contributed by atoms with Gasteiger partial charge in [0.2, 0.25) is 5.91 Å². The first-order valence-electron chi connectivity index (χ1n) is 8.34. The first kappa shape index (κ1) is 18.0. The van der Waals surface area contributed by atoms with Crippen LogP contribution in [0.5, 0.6) is 0 Å². The maximum atomic E-state index is 12.5. The molecule has 1 aliphatic rings. The summed E-state index contributed by atoms with van der Waals surface area (Å²) in [7, 11) is 0. The van der Waals surface area contributed by atoms with Crippen LogP contribution in [0.3, 0.4) is 0 Å². The topological polar surface area (TPSA) is 75.7 Å². The van der Waals surface area contributed by atoms with Gasteiger partial charge in [0, 0.05) is 24.3 Å². The van der Waals surface area contributed by atoms with Gasteiger partial charge in [-0.2, -0.15) is 0 Å². The van der Waals surface area contributed by atoms with Crippen molar-refractivity contribution in [3.63, 3.8) is 0 Å². The van der Waals surface area contributed by atoms with E-state index >= 15 is 0 Å². The third kappa shape index (κ3) is 5.08. The summed E-state index contributed by atoms with van der Waals surface area (Å²) < 4.78 is 4.74. The highest BCUT2D eigenvalue weighted by molar-refractivity contribution is 6.02. The Bertz CT molecular complexity index is 607. The van der Waals surface area contributed by atoms with E-state index in [2.05, 4.69) is 12.2 Å². The molecule has 0 bridgehead atoms. The fourth-order valence-corrected chi connectivity index (χ4v) is 2.67. The first-order valence-corrected chi connectivity index (χ1v) is 8.34. The standard InChI is InChI=1S/C18H24N2O4/c1-3-24-17(22)12-16(21)19-15-6-4-5-14(11-15)18(23)20-9-7-13(2)8-10-20/h4-6,11,13H,3,7-10,12H2,1-2H3,(H,19,21). The number of piperidine rings is 1. The Labute approximate surface area is 142 Å². The molecule has 0 saturated carbocycles. The van der Waals surface area contributed by atoms with Crippen LogP contribution in [0.1, 0.15) is 43.5 Å². The molecule has 0 unspecified atom stereocenters. The highest BCUT2D eigenvalue weighted by Crippen LogP contribution is 2.19. The highest BCUT2D eigenvalue weighted by Gasteiger charge is 2.21. The van der Waals surface area contributed by atoms with Gasteiger partial charge in [0.1, 0.15) is 6.42 Å². The molecule has 2 amide bonds. The van der Waals surface area contributed by atoms with Gasteiger partial charge in [0.15, 0.2) is 0 Å². The molecule has 1 fully saturated rings. The van der Waals surface area contributed by atoms with Crippen molar-refractivity contribution in [2.45, 2.75) is 33.1 Å². The number of nitrogens with zero attached hydrogens (tertiary/aromatic N) is 1. The molecule has 1 aromatic carbocycles. The fourth-order valence-electron chi connectivity index (χ4n) is 2.67. The van der Waals surface area contributed by atoms with E-state index in [1.807, 2.05) is 4.90 Å². The van der Waals surface area contributed by atoms with Crippen LogP contribution in [0, 0.1) is 5.92 Å². The van der Waals surface area contributed by atoms with Crippen LogP contribution >= 0.6 is 0 Å². The number of nitrogens with one attached hydrogen (secondary N) is 1. The number of ether oxygens (including phenoxy) is 1. The van der Waals surface area contributed by atoms with Crippen LogP contribution in [-0.4, -0.2) is 42.4 Å². The number of anilines is 1. The zero-order chi connectivity index (χ0) is 17.5. The van der Waals surface area contributed by atoms with Gasteiger partial charge in [-0.3, -0.25) is 14.4 Å². The summed E-state index contributed by atoms with van der Waals surface area (Å²) in [6.07, 6.45) is 1.69. The number of likely N-dealkylation sites (tertiary alicyclic amines) is 1. The molecule has 1 aromatic rings. The van der Waals surface area contributed by atoms with Crippen molar-refractivity contribution in [3.05, 3.63) is 29.8 Å². The number of carbonyl (C=O) groups is 3. The summed E-state index contributed by atoms with van der Waals surface area (Å²) in [5, 5.41) is 2.63. The minimum Gasteiger partial charge on any atom is -0.466 e. The van der Waals surface area contributed by atoms with Gasteiger partial charge in [0.25, 0.3) is 5.91 Å². The molecule has 1 heterocycles. The molecule has 1 saturated heterocycles. The van der Waals surface area contributed by atoms with E-state index in [9.17, 15) is 14.4 Å². The number of benzene rings is 1. The molecule has 6 nitrogen and oxygen atoms in total. The van der Waals surface area contributed by atoms with Gasteiger partial charge in [0.05, 0.1) is 6.61 Å². The van der Waals surface area contributed by atoms with Crippen molar-refractivity contribution >= 4 is 23.5 Å². The third-order valence-corrected chi connectivity index (χ3v) is 4.07. The third-order valence-electron chi connectivity index (χ3n) is 4.07. The van der Waals surface area contributed by atoms with Crippen LogP contribution in [0.4, 0.5) is 5.69 Å². The lowest BCUT2D eigenvalue weighted by atomic mass is 9.98. The normalized spacial score (nSPS) is 15.0. The fraction of sp³-hybridized carbons (Fsp3) is 0.500. The highest BCUT2D eigenvalue weighted by atomic mass is 16.5. The lowest BCUT2D eigenvalue weighted by Gasteiger charge is -2.30. The summed E-state index contributed by atoms with van der Waals surface area (Å²) in [5.74, 6) is -0.388. The zero-order valence-electron chi connectivity index (χ0n) is 14.2. The van der Waals surface area contributed by atoms with Gasteiger partial charge in [-0.1, -0.05) is 13.0 Å². The summed E-state index contributed by atoms with van der Waals surface area (Å²) in [6.45, 7) is 5.65. The summed E-state index contributed by atoms with van der Waals surface area (Å²) in [4.78, 5) is 37.5. The lowest BCUT2D eigenvalue weighted by molar-refractivity contribution is -0.145. The largest absolute Gasteiger partial charge is 0.466 e. The number of amides is 2. The summed E-state index contributed by atoms with van der Waals surface area (Å²) in [5.41, 5.74) is 1.04. The number of esters is 1. The molecule has 24 heavy (non-hydrogen) atoms. The van der Waals surface area contributed by atoms with Gasteiger partial charge >= 0.3 is 5.97 Å². The molecule has 1 N–H and O–H groups in total. The molecule has 6 heteroatoms. The van der Waals surface area contributed by atoms with E-state index < -0.39 is 11.9 Å². The van der Waals surface area contributed by atoms with Crippen molar-refractivity contribution in [1.82, 2.24) is 4.90 Å². The Kier molecular flexibility index (Phi) is 6.35. The smallest absolute Gasteiger partial charge is 0.315 e. The maximum Gasteiger partial charge on any atom is 0.315 e. The second-order valence-electron chi connectivity index (χ2n) is 6.09. The molecular weight excluding hydrogens is 308 g/mol. The molecule has 130 valence electrons. The van der Waals surface area contributed by atoms with Gasteiger partial charge < -0.3 is 15.0 Å². The van der Waals surface area contributed by atoms with Crippen LogP contribution in [0.2, 0.25) is 0 Å². The predicted molar refractivity (Wildman–Crippen MR) is 90.6 cm³/mol. The van der Waals surface area contributed by atoms with Crippen LogP contribution in [0.15, 0.2) is 24.3 Å². The van der Waals surface area contributed by atoms with E-state index in [1.165, 1.54) is 0 Å². The SMILES string of the molecule is CCOC(=O)CC(=O)Nc1cccc(C(=O)N2CCC(C)CC2)c1. The van der Waals surface area contributed by atoms with Crippen molar-refractivity contribution in [3.8, 4) is 0 Å². The number of carbonyl (C=O) groups excluding carboxylic acids is 3. The molecule has 0 aromatic heterocycles. The molecule has 1 aliphatic heterocycles. The molecule has 0 atom stereocenters. The van der Waals surface area contributed by atoms with Gasteiger partial charge in [-0.25, -0.2) is 0 Å². The van der Waals surface area contributed by atoms with Crippen LogP contribution in [-0.2, 0) is 14.3 Å². The van der Waals surface area contributed by atoms with E-state index in [0.29, 0.717) is 17.2 Å². The minimum atomic E-state index is -0.565. The number of rotatable bonds is 5. The molecule has 0 radical (unpaired) electrons. The lowest BCUT2D eigenvalue weighted by Crippen LogP contribution is -2.37. The monoisotopic (exact) mass is 332 g/mol. The quantitative estimate of drug-likeness (QED) is 0.664. The van der Waals surface area contributed by atoms with Crippen molar-refractivity contribution < 1.29 is 19.1 Å². The van der Waals surface area contributed by atoms with Gasteiger partial charge in [-0.15, -0.1) is 0 Å². The Balaban J connectivity index is 1.97. The first-order chi connectivity index (χ1) is 11.5. The maximum absolute atomic E-state index is 12.5. The second kappa shape index (κ2) is 8.47.